The van der Waals surface area contributed by atoms with Crippen LogP contribution in [0.1, 0.15) is 11.1 Å². The number of hydrogen-bond donors (Lipinski definition) is 4. The van der Waals surface area contributed by atoms with E-state index in [0.717, 1.165) is 6.07 Å². The maximum Gasteiger partial charge on any atom is 0.417 e. The number of halogens is 3. The molecule has 0 aliphatic rings. The molecule has 110 valence electrons. The number of hydrogen-bond acceptors (Lipinski definition) is 3. The molecular weight excluding hydrogens is 293 g/mol. The highest BCUT2D eigenvalue weighted by molar-refractivity contribution is 7.80. The van der Waals surface area contributed by atoms with Crippen LogP contribution in [0.2, 0.25) is 0 Å². The normalized spacial score (nSPS) is 10.9. The van der Waals surface area contributed by atoms with Gasteiger partial charge in [0.2, 0.25) is 0 Å². The van der Waals surface area contributed by atoms with E-state index in [2.05, 4.69) is 22.9 Å². The minimum atomic E-state index is -4.55. The minimum absolute atomic E-state index is 0.188. The smallest absolute Gasteiger partial charge is 0.389 e. The summed E-state index contributed by atoms with van der Waals surface area (Å²) in [5, 5.41) is 5.03. The van der Waals surface area contributed by atoms with Gasteiger partial charge in [-0.15, -0.1) is 0 Å². The number of nitrogens with one attached hydrogen (secondary N) is 2. The molecule has 20 heavy (non-hydrogen) atoms. The average molecular weight is 306 g/mol. The summed E-state index contributed by atoms with van der Waals surface area (Å²) in [6, 6.07) is 2.84. The van der Waals surface area contributed by atoms with Gasteiger partial charge in [-0.05, 0) is 18.2 Å². The van der Waals surface area contributed by atoms with Gasteiger partial charge in [0.1, 0.15) is 4.99 Å². The number of anilines is 1. The summed E-state index contributed by atoms with van der Waals surface area (Å²) in [7, 11) is 0. The van der Waals surface area contributed by atoms with E-state index >= 15 is 0 Å². The van der Waals surface area contributed by atoms with Gasteiger partial charge in [0, 0.05) is 24.3 Å². The van der Waals surface area contributed by atoms with Crippen LogP contribution in [0.25, 0.3) is 0 Å². The predicted octanol–water partition coefficient (Wildman–Crippen LogP) is 1.42. The second-order valence-corrected chi connectivity index (χ2v) is 4.28. The van der Waals surface area contributed by atoms with E-state index in [1.54, 1.807) is 0 Å². The molecule has 9 heteroatoms. The molecule has 2 amide bonds. The van der Waals surface area contributed by atoms with E-state index in [1.807, 2.05) is 0 Å². The molecule has 0 aliphatic carbocycles. The lowest BCUT2D eigenvalue weighted by molar-refractivity contribution is -0.137. The van der Waals surface area contributed by atoms with Crippen LogP contribution >= 0.6 is 12.2 Å². The SMILES string of the molecule is NC(=O)NCCNc1ccc(C(N)=S)c(C(F)(F)F)c1. The molecule has 0 saturated carbocycles. The topological polar surface area (TPSA) is 93.2 Å². The van der Waals surface area contributed by atoms with E-state index < -0.39 is 17.8 Å². The average Bonchev–Trinajstić information content (AvgIpc) is 2.33. The van der Waals surface area contributed by atoms with Crippen molar-refractivity contribution < 1.29 is 18.0 Å². The first-order valence-corrected chi connectivity index (χ1v) is 5.91. The van der Waals surface area contributed by atoms with Gasteiger partial charge in [0.05, 0.1) is 5.56 Å². The molecule has 1 rings (SSSR count). The first-order chi connectivity index (χ1) is 9.21. The van der Waals surface area contributed by atoms with Crippen LogP contribution in [0.3, 0.4) is 0 Å². The largest absolute Gasteiger partial charge is 0.417 e. The molecule has 0 aromatic heterocycles. The molecule has 6 N–H and O–H groups in total. The molecule has 5 nitrogen and oxygen atoms in total. The van der Waals surface area contributed by atoms with Crippen LogP contribution in [0.5, 0.6) is 0 Å². The lowest BCUT2D eigenvalue weighted by atomic mass is 10.1. The highest BCUT2D eigenvalue weighted by Gasteiger charge is 2.34. The van der Waals surface area contributed by atoms with Crippen LogP contribution < -0.4 is 22.1 Å². The number of rotatable bonds is 5. The number of urea groups is 1. The third-order valence-corrected chi connectivity index (χ3v) is 2.56. The second kappa shape index (κ2) is 6.42. The Morgan fingerprint density at radius 3 is 2.40 bits per heavy atom. The molecule has 0 radical (unpaired) electrons. The number of nitrogens with two attached hydrogens (primary N) is 2. The first-order valence-electron chi connectivity index (χ1n) is 5.50. The summed E-state index contributed by atoms with van der Waals surface area (Å²) in [6.45, 7) is 0.417. The Balaban J connectivity index is 2.85. The summed E-state index contributed by atoms with van der Waals surface area (Å²) >= 11 is 4.59. The monoisotopic (exact) mass is 306 g/mol. The van der Waals surface area contributed by atoms with Crippen LogP contribution in [-0.4, -0.2) is 24.1 Å². The highest BCUT2D eigenvalue weighted by atomic mass is 32.1. The maximum absolute atomic E-state index is 12.9. The quantitative estimate of drug-likeness (QED) is 0.489. The Kier molecular flexibility index (Phi) is 5.14. The standard InChI is InChI=1S/C11H13F3N4OS/c12-11(13,14)8-5-6(1-2-7(8)9(15)20)17-3-4-18-10(16)19/h1-2,5,17H,3-4H2,(H2,15,20)(H3,16,18,19). The van der Waals surface area contributed by atoms with Crippen LogP contribution in [0.4, 0.5) is 23.7 Å². The minimum Gasteiger partial charge on any atom is -0.389 e. The third-order valence-electron chi connectivity index (χ3n) is 2.34. The zero-order valence-electron chi connectivity index (χ0n) is 10.3. The van der Waals surface area contributed by atoms with Crippen molar-refractivity contribution >= 4 is 28.9 Å². The van der Waals surface area contributed by atoms with Gasteiger partial charge in [0.15, 0.2) is 0 Å². The van der Waals surface area contributed by atoms with E-state index in [9.17, 15) is 18.0 Å². The number of thiocarbonyl (C=S) groups is 1. The fourth-order valence-corrected chi connectivity index (χ4v) is 1.67. The molecule has 1 aromatic rings. The van der Waals surface area contributed by atoms with Crippen LogP contribution in [-0.2, 0) is 6.18 Å². The van der Waals surface area contributed by atoms with Gasteiger partial charge < -0.3 is 22.1 Å². The molecule has 0 atom stereocenters. The fourth-order valence-electron chi connectivity index (χ4n) is 1.50. The Hall–Kier alpha value is -2.03. The number of amides is 2. The van der Waals surface area contributed by atoms with Crippen molar-refractivity contribution in [2.24, 2.45) is 11.5 Å². The second-order valence-electron chi connectivity index (χ2n) is 3.84. The van der Waals surface area contributed by atoms with E-state index in [1.165, 1.54) is 12.1 Å². The molecule has 0 aliphatic heterocycles. The molecule has 1 aromatic carbocycles. The lowest BCUT2D eigenvalue weighted by Crippen LogP contribution is -2.33. The van der Waals surface area contributed by atoms with Crippen LogP contribution in [0.15, 0.2) is 18.2 Å². The molecule has 0 unspecified atom stereocenters. The molecule has 0 fully saturated rings. The van der Waals surface area contributed by atoms with Crippen molar-refractivity contribution in [3.63, 3.8) is 0 Å². The fraction of sp³-hybridized carbons (Fsp3) is 0.273. The number of carbonyl (C=O) groups is 1. The van der Waals surface area contributed by atoms with Crippen LogP contribution in [0, 0.1) is 0 Å². The van der Waals surface area contributed by atoms with Crippen molar-refractivity contribution in [2.45, 2.75) is 6.18 Å². The maximum atomic E-state index is 12.9. The summed E-state index contributed by atoms with van der Waals surface area (Å²) in [6.07, 6.45) is -4.55. The van der Waals surface area contributed by atoms with Gasteiger partial charge in [-0.1, -0.05) is 12.2 Å². The molecule has 0 spiro atoms. The number of primary amides is 1. The molecular formula is C11H13F3N4OS. The summed E-state index contributed by atoms with van der Waals surface area (Å²) in [4.78, 5) is 10.1. The van der Waals surface area contributed by atoms with Crippen molar-refractivity contribution in [3.05, 3.63) is 29.3 Å². The summed E-state index contributed by atoms with van der Waals surface area (Å²) in [5.41, 5.74) is 9.22. The number of alkyl halides is 3. The Labute approximate surface area is 118 Å². The van der Waals surface area contributed by atoms with E-state index in [-0.39, 0.29) is 29.3 Å². The van der Waals surface area contributed by atoms with Gasteiger partial charge >= 0.3 is 12.2 Å². The molecule has 0 bridgehead atoms. The van der Waals surface area contributed by atoms with E-state index in [0.29, 0.717) is 0 Å². The Morgan fingerprint density at radius 1 is 1.25 bits per heavy atom. The zero-order chi connectivity index (χ0) is 15.3. The van der Waals surface area contributed by atoms with Crippen molar-refractivity contribution in [3.8, 4) is 0 Å². The van der Waals surface area contributed by atoms with Crippen molar-refractivity contribution in [1.82, 2.24) is 5.32 Å². The van der Waals surface area contributed by atoms with E-state index in [4.69, 9.17) is 11.5 Å². The number of carbonyl (C=O) groups excluding carboxylic acids is 1. The predicted molar refractivity (Wildman–Crippen MR) is 73.4 cm³/mol. The Morgan fingerprint density at radius 2 is 1.90 bits per heavy atom. The van der Waals surface area contributed by atoms with Gasteiger partial charge in [0.25, 0.3) is 0 Å². The zero-order valence-corrected chi connectivity index (χ0v) is 11.1. The van der Waals surface area contributed by atoms with Gasteiger partial charge in [-0.3, -0.25) is 0 Å². The molecule has 0 saturated heterocycles. The van der Waals surface area contributed by atoms with Crippen molar-refractivity contribution in [1.29, 1.82) is 0 Å². The van der Waals surface area contributed by atoms with Crippen molar-refractivity contribution in [2.75, 3.05) is 18.4 Å². The summed E-state index contributed by atoms with van der Waals surface area (Å²) < 4.78 is 38.6. The van der Waals surface area contributed by atoms with Gasteiger partial charge in [-0.25, -0.2) is 4.79 Å². The summed E-state index contributed by atoms with van der Waals surface area (Å²) in [5.74, 6) is 0. The van der Waals surface area contributed by atoms with Gasteiger partial charge in [-0.2, -0.15) is 13.2 Å². The Bertz CT molecular complexity index is 519. The number of benzene rings is 1. The third kappa shape index (κ3) is 4.57. The molecule has 0 heterocycles. The first kappa shape index (κ1) is 16.0. The lowest BCUT2D eigenvalue weighted by Gasteiger charge is -2.14. The highest BCUT2D eigenvalue weighted by Crippen LogP contribution is 2.33.